The maximum atomic E-state index is 4.69. The monoisotopic (exact) mass is 232 g/mol. The van der Waals surface area contributed by atoms with Gasteiger partial charge >= 0.3 is 0 Å². The minimum atomic E-state index is 0.841. The third-order valence-corrected chi connectivity index (χ3v) is 3.66. The van der Waals surface area contributed by atoms with Gasteiger partial charge in [0.15, 0.2) is 0 Å². The highest BCUT2D eigenvalue weighted by Crippen LogP contribution is 2.29. The zero-order valence-corrected chi connectivity index (χ0v) is 10.7. The Kier molecular flexibility index (Phi) is 3.36. The van der Waals surface area contributed by atoms with E-state index in [1.165, 1.54) is 16.0 Å². The minimum Gasteiger partial charge on any atom is -0.314 e. The van der Waals surface area contributed by atoms with E-state index in [-0.39, 0.29) is 0 Å². The van der Waals surface area contributed by atoms with Gasteiger partial charge in [-0.25, -0.2) is 4.98 Å². The van der Waals surface area contributed by atoms with Crippen LogP contribution in [0.25, 0.3) is 10.6 Å². The largest absolute Gasteiger partial charge is 0.314 e. The molecule has 1 N–H and O–H groups in total. The van der Waals surface area contributed by atoms with Gasteiger partial charge in [-0.3, -0.25) is 0 Å². The predicted octanol–water partition coefficient (Wildman–Crippen LogP) is 3.15. The summed E-state index contributed by atoms with van der Waals surface area (Å²) >= 11 is 1.77. The van der Waals surface area contributed by atoms with Crippen LogP contribution in [-0.4, -0.2) is 12.0 Å². The Hall–Kier alpha value is -1.19. The van der Waals surface area contributed by atoms with Gasteiger partial charge < -0.3 is 5.32 Å². The van der Waals surface area contributed by atoms with Crippen molar-refractivity contribution < 1.29 is 0 Å². The molecule has 0 amide bonds. The summed E-state index contributed by atoms with van der Waals surface area (Å²) in [6.07, 6.45) is 0. The van der Waals surface area contributed by atoms with Crippen LogP contribution in [0.1, 0.15) is 16.1 Å². The topological polar surface area (TPSA) is 24.9 Å². The van der Waals surface area contributed by atoms with E-state index in [0.717, 1.165) is 17.2 Å². The smallest absolute Gasteiger partial charge is 0.124 e. The van der Waals surface area contributed by atoms with Crippen LogP contribution in [0.2, 0.25) is 0 Å². The highest BCUT2D eigenvalue weighted by molar-refractivity contribution is 7.15. The Morgan fingerprint density at radius 1 is 1.25 bits per heavy atom. The molecule has 0 saturated carbocycles. The summed E-state index contributed by atoms with van der Waals surface area (Å²) in [5.74, 6) is 0. The molecular formula is C13H16N2S. The van der Waals surface area contributed by atoms with E-state index >= 15 is 0 Å². The number of aryl methyl sites for hydroxylation is 2. The van der Waals surface area contributed by atoms with Gasteiger partial charge in [0, 0.05) is 17.0 Å². The molecular weight excluding hydrogens is 216 g/mol. The van der Waals surface area contributed by atoms with Crippen LogP contribution in [0, 0.1) is 13.8 Å². The second-order valence-corrected chi connectivity index (χ2v) is 5.07. The van der Waals surface area contributed by atoms with Crippen molar-refractivity contribution in [1.82, 2.24) is 10.3 Å². The van der Waals surface area contributed by atoms with Gasteiger partial charge in [0.05, 0.1) is 5.69 Å². The van der Waals surface area contributed by atoms with E-state index in [0.29, 0.717) is 0 Å². The maximum Gasteiger partial charge on any atom is 0.124 e. The van der Waals surface area contributed by atoms with Crippen LogP contribution in [0.3, 0.4) is 0 Å². The summed E-state index contributed by atoms with van der Waals surface area (Å²) in [5.41, 5.74) is 3.69. The molecule has 1 heterocycles. The van der Waals surface area contributed by atoms with Crippen LogP contribution in [-0.2, 0) is 6.54 Å². The van der Waals surface area contributed by atoms with Crippen molar-refractivity contribution in [1.29, 1.82) is 0 Å². The molecule has 16 heavy (non-hydrogen) atoms. The van der Waals surface area contributed by atoms with E-state index in [2.05, 4.69) is 48.4 Å². The summed E-state index contributed by atoms with van der Waals surface area (Å²) in [6.45, 7) is 5.10. The fourth-order valence-electron chi connectivity index (χ4n) is 1.69. The van der Waals surface area contributed by atoms with Crippen molar-refractivity contribution in [3.8, 4) is 10.6 Å². The lowest BCUT2D eigenvalue weighted by Gasteiger charge is -2.00. The van der Waals surface area contributed by atoms with E-state index < -0.39 is 0 Å². The first-order valence-corrected chi connectivity index (χ1v) is 6.21. The van der Waals surface area contributed by atoms with Gasteiger partial charge in [-0.2, -0.15) is 0 Å². The fraction of sp³-hybridized carbons (Fsp3) is 0.308. The predicted molar refractivity (Wildman–Crippen MR) is 69.8 cm³/mol. The molecule has 1 aromatic heterocycles. The van der Waals surface area contributed by atoms with Crippen LogP contribution >= 0.6 is 11.3 Å². The lowest BCUT2D eigenvalue weighted by molar-refractivity contribution is 0.793. The second-order valence-electron chi connectivity index (χ2n) is 3.87. The molecule has 0 spiro atoms. The Labute approximate surface area is 100 Å². The van der Waals surface area contributed by atoms with Crippen molar-refractivity contribution in [2.75, 3.05) is 7.05 Å². The third-order valence-electron chi connectivity index (χ3n) is 2.61. The molecule has 0 aliphatic rings. The summed E-state index contributed by atoms with van der Waals surface area (Å²) < 4.78 is 0. The van der Waals surface area contributed by atoms with Crippen molar-refractivity contribution in [3.63, 3.8) is 0 Å². The van der Waals surface area contributed by atoms with Gasteiger partial charge in [0.1, 0.15) is 5.01 Å². The van der Waals surface area contributed by atoms with E-state index in [4.69, 9.17) is 0 Å². The summed E-state index contributed by atoms with van der Waals surface area (Å²) in [4.78, 5) is 5.99. The van der Waals surface area contributed by atoms with Crippen LogP contribution in [0.5, 0.6) is 0 Å². The zero-order valence-electron chi connectivity index (χ0n) is 9.87. The second kappa shape index (κ2) is 4.76. The molecule has 2 nitrogen and oxygen atoms in total. The molecule has 0 atom stereocenters. The van der Waals surface area contributed by atoms with Gasteiger partial charge in [-0.1, -0.05) is 24.3 Å². The normalized spacial score (nSPS) is 10.7. The van der Waals surface area contributed by atoms with Crippen LogP contribution < -0.4 is 5.32 Å². The van der Waals surface area contributed by atoms with Crippen LogP contribution in [0.15, 0.2) is 24.3 Å². The highest BCUT2D eigenvalue weighted by Gasteiger charge is 2.09. The summed E-state index contributed by atoms with van der Waals surface area (Å²) in [5, 5.41) is 4.27. The lowest BCUT2D eigenvalue weighted by Crippen LogP contribution is -2.06. The van der Waals surface area contributed by atoms with Gasteiger partial charge in [0.25, 0.3) is 0 Å². The molecule has 2 aromatic rings. The fourth-order valence-corrected chi connectivity index (χ4v) is 2.71. The zero-order chi connectivity index (χ0) is 11.5. The van der Waals surface area contributed by atoms with E-state index in [1.54, 1.807) is 11.3 Å². The molecule has 0 aliphatic heterocycles. The van der Waals surface area contributed by atoms with Crippen molar-refractivity contribution in [3.05, 3.63) is 40.4 Å². The number of nitrogens with one attached hydrogen (secondary N) is 1. The number of hydrogen-bond acceptors (Lipinski definition) is 3. The number of benzene rings is 1. The number of hydrogen-bond donors (Lipinski definition) is 1. The SMILES string of the molecule is CNCc1nc(-c2ccccc2C)sc1C. The minimum absolute atomic E-state index is 0.841. The molecule has 0 radical (unpaired) electrons. The quantitative estimate of drug-likeness (QED) is 0.879. The van der Waals surface area contributed by atoms with Crippen molar-refractivity contribution in [2.45, 2.75) is 20.4 Å². The molecule has 3 heteroatoms. The lowest BCUT2D eigenvalue weighted by atomic mass is 10.1. The first-order chi connectivity index (χ1) is 7.72. The Morgan fingerprint density at radius 2 is 2.00 bits per heavy atom. The number of thiazole rings is 1. The molecule has 0 unspecified atom stereocenters. The molecule has 2 rings (SSSR count). The van der Waals surface area contributed by atoms with Gasteiger partial charge in [0.2, 0.25) is 0 Å². The summed E-state index contributed by atoms with van der Waals surface area (Å²) in [6, 6.07) is 8.39. The third kappa shape index (κ3) is 2.15. The Morgan fingerprint density at radius 3 is 2.69 bits per heavy atom. The number of rotatable bonds is 3. The molecule has 0 bridgehead atoms. The first-order valence-electron chi connectivity index (χ1n) is 5.39. The maximum absolute atomic E-state index is 4.69. The number of aromatic nitrogens is 1. The molecule has 84 valence electrons. The highest BCUT2D eigenvalue weighted by atomic mass is 32.1. The van der Waals surface area contributed by atoms with E-state index in [9.17, 15) is 0 Å². The Balaban J connectivity index is 2.42. The van der Waals surface area contributed by atoms with Gasteiger partial charge in [-0.15, -0.1) is 11.3 Å². The van der Waals surface area contributed by atoms with Gasteiger partial charge in [-0.05, 0) is 26.5 Å². The number of nitrogens with zero attached hydrogens (tertiary/aromatic N) is 1. The van der Waals surface area contributed by atoms with E-state index in [1.807, 2.05) is 7.05 Å². The first kappa shape index (κ1) is 11.3. The molecule has 1 aromatic carbocycles. The van der Waals surface area contributed by atoms with Crippen molar-refractivity contribution in [2.24, 2.45) is 0 Å². The standard InChI is InChI=1S/C13H16N2S/c1-9-6-4-5-7-11(9)13-15-12(8-14-3)10(2)16-13/h4-7,14H,8H2,1-3H3. The molecule has 0 fully saturated rings. The van der Waals surface area contributed by atoms with Crippen LogP contribution in [0.4, 0.5) is 0 Å². The Bertz CT molecular complexity index is 488. The average molecular weight is 232 g/mol. The molecule has 0 saturated heterocycles. The van der Waals surface area contributed by atoms with Crippen molar-refractivity contribution >= 4 is 11.3 Å². The molecule has 0 aliphatic carbocycles. The summed E-state index contributed by atoms with van der Waals surface area (Å²) in [7, 11) is 1.95. The average Bonchev–Trinajstić information content (AvgIpc) is 2.61.